The second-order valence-corrected chi connectivity index (χ2v) is 5.44. The summed E-state index contributed by atoms with van der Waals surface area (Å²) in [5.41, 5.74) is 0. The molecule has 0 spiro atoms. The smallest absolute Gasteiger partial charge is 0.313 e. The van der Waals surface area contributed by atoms with E-state index in [1.165, 1.54) is 11.8 Å². The highest BCUT2D eigenvalue weighted by atomic mass is 32.2. The molecule has 0 atom stereocenters. The molecule has 1 heterocycles. The average Bonchev–Trinajstić information content (AvgIpc) is 2.71. The monoisotopic (exact) mass is 286 g/mol. The Kier molecular flexibility index (Phi) is 6.14. The van der Waals surface area contributed by atoms with Gasteiger partial charge in [-0.15, -0.1) is 10.2 Å². The minimum absolute atomic E-state index is 0.00957. The van der Waals surface area contributed by atoms with Crippen LogP contribution in [-0.4, -0.2) is 44.2 Å². The van der Waals surface area contributed by atoms with Crippen LogP contribution in [0.1, 0.15) is 34.1 Å². The fourth-order valence-electron chi connectivity index (χ4n) is 1.88. The van der Waals surface area contributed by atoms with Crippen molar-refractivity contribution >= 4 is 23.7 Å². The quantitative estimate of drug-likeness (QED) is 0.738. The van der Waals surface area contributed by atoms with E-state index in [-0.39, 0.29) is 5.75 Å². The summed E-state index contributed by atoms with van der Waals surface area (Å²) >= 11 is 1.22. The summed E-state index contributed by atoms with van der Waals surface area (Å²) < 4.78 is 2.01. The maximum absolute atomic E-state index is 10.7. The van der Waals surface area contributed by atoms with E-state index < -0.39 is 5.97 Å². The third-order valence-electron chi connectivity index (χ3n) is 2.69. The number of hydrogen-bond acceptors (Lipinski definition) is 5. The van der Waals surface area contributed by atoms with E-state index in [1.54, 1.807) is 0 Å². The van der Waals surface area contributed by atoms with Crippen LogP contribution in [0.3, 0.4) is 0 Å². The summed E-state index contributed by atoms with van der Waals surface area (Å²) in [6, 6.07) is 0.335. The number of carboxylic acid groups (broad SMARTS) is 1. The highest BCUT2D eigenvalue weighted by Gasteiger charge is 2.19. The molecule has 6 nitrogen and oxygen atoms in total. The van der Waals surface area contributed by atoms with Crippen molar-refractivity contribution in [1.82, 2.24) is 14.8 Å². The Morgan fingerprint density at radius 3 is 2.58 bits per heavy atom. The van der Waals surface area contributed by atoms with Gasteiger partial charge >= 0.3 is 5.97 Å². The van der Waals surface area contributed by atoms with Gasteiger partial charge in [-0.1, -0.05) is 18.7 Å². The third kappa shape index (κ3) is 4.12. The van der Waals surface area contributed by atoms with E-state index in [9.17, 15) is 4.79 Å². The van der Waals surface area contributed by atoms with E-state index in [0.29, 0.717) is 11.2 Å². The molecule has 0 aliphatic rings. The number of hydrogen-bond donors (Lipinski definition) is 1. The lowest BCUT2D eigenvalue weighted by molar-refractivity contribution is -0.133. The fourth-order valence-corrected chi connectivity index (χ4v) is 2.56. The summed E-state index contributed by atoms with van der Waals surface area (Å²) in [7, 11) is 0. The number of nitrogens with zero attached hydrogens (tertiary/aromatic N) is 4. The van der Waals surface area contributed by atoms with Crippen LogP contribution >= 0.6 is 11.8 Å². The molecule has 0 radical (unpaired) electrons. The number of aromatic nitrogens is 3. The molecule has 0 aromatic carbocycles. The standard InChI is InChI=1S/C12H22N4O2S/c1-5-7-16-11(15(6-2)9(3)4)13-14-12(16)19-8-10(17)18/h9H,5-8H2,1-4H3,(H,17,18). The van der Waals surface area contributed by atoms with Crippen LogP contribution in [0.5, 0.6) is 0 Å². The topological polar surface area (TPSA) is 71.2 Å². The third-order valence-corrected chi connectivity index (χ3v) is 3.64. The normalized spacial score (nSPS) is 11.0. The Morgan fingerprint density at radius 2 is 2.11 bits per heavy atom. The number of thioether (sulfide) groups is 1. The van der Waals surface area contributed by atoms with Crippen molar-refractivity contribution in [2.45, 2.75) is 51.9 Å². The lowest BCUT2D eigenvalue weighted by Crippen LogP contribution is -2.33. The minimum Gasteiger partial charge on any atom is -0.481 e. The van der Waals surface area contributed by atoms with E-state index >= 15 is 0 Å². The SMILES string of the molecule is CCCn1c(SCC(=O)O)nnc1N(CC)C(C)C. The number of aliphatic carboxylic acids is 1. The average molecular weight is 286 g/mol. The fraction of sp³-hybridized carbons (Fsp3) is 0.750. The first-order valence-corrected chi connectivity index (χ1v) is 7.54. The molecule has 0 aliphatic carbocycles. The summed E-state index contributed by atoms with van der Waals surface area (Å²) in [6.45, 7) is 10.0. The highest BCUT2D eigenvalue weighted by Crippen LogP contribution is 2.23. The molecule has 1 aromatic heterocycles. The number of anilines is 1. The molecule has 0 amide bonds. The number of carboxylic acids is 1. The maximum atomic E-state index is 10.7. The first-order valence-electron chi connectivity index (χ1n) is 6.55. The molecular formula is C12H22N4O2S. The van der Waals surface area contributed by atoms with Gasteiger partial charge in [-0.2, -0.15) is 0 Å². The number of rotatable bonds is 8. The van der Waals surface area contributed by atoms with Crippen molar-refractivity contribution in [2.24, 2.45) is 0 Å². The Bertz CT molecular complexity index is 420. The van der Waals surface area contributed by atoms with Crippen LogP contribution in [0.15, 0.2) is 5.16 Å². The van der Waals surface area contributed by atoms with Gasteiger partial charge in [0.2, 0.25) is 5.95 Å². The summed E-state index contributed by atoms with van der Waals surface area (Å²) in [5, 5.41) is 17.8. The summed E-state index contributed by atoms with van der Waals surface area (Å²) in [5.74, 6) is -0.00335. The van der Waals surface area contributed by atoms with Gasteiger partial charge in [-0.25, -0.2) is 0 Å². The molecule has 0 saturated carbocycles. The molecule has 0 saturated heterocycles. The molecule has 0 bridgehead atoms. The van der Waals surface area contributed by atoms with Gasteiger partial charge in [0.1, 0.15) is 0 Å². The van der Waals surface area contributed by atoms with Crippen molar-refractivity contribution in [2.75, 3.05) is 17.2 Å². The minimum atomic E-state index is -0.839. The van der Waals surface area contributed by atoms with Crippen LogP contribution in [0.2, 0.25) is 0 Å². The zero-order valence-electron chi connectivity index (χ0n) is 12.0. The van der Waals surface area contributed by atoms with Crippen molar-refractivity contribution < 1.29 is 9.90 Å². The lowest BCUT2D eigenvalue weighted by atomic mass is 10.3. The zero-order chi connectivity index (χ0) is 14.4. The van der Waals surface area contributed by atoms with Crippen LogP contribution in [-0.2, 0) is 11.3 Å². The Balaban J connectivity index is 3.01. The molecule has 0 fully saturated rings. The second-order valence-electron chi connectivity index (χ2n) is 4.50. The molecule has 7 heteroatoms. The first-order chi connectivity index (χ1) is 9.01. The molecular weight excluding hydrogens is 264 g/mol. The van der Waals surface area contributed by atoms with E-state index in [4.69, 9.17) is 5.11 Å². The predicted octanol–water partition coefficient (Wildman–Crippen LogP) is 2.10. The van der Waals surface area contributed by atoms with Gasteiger partial charge in [0.05, 0.1) is 5.75 Å². The van der Waals surface area contributed by atoms with Gasteiger partial charge in [0, 0.05) is 19.1 Å². The van der Waals surface area contributed by atoms with Crippen molar-refractivity contribution in [3.8, 4) is 0 Å². The van der Waals surface area contributed by atoms with E-state index in [0.717, 1.165) is 25.5 Å². The van der Waals surface area contributed by atoms with E-state index in [1.807, 2.05) is 4.57 Å². The summed E-state index contributed by atoms with van der Waals surface area (Å²) in [4.78, 5) is 12.8. The van der Waals surface area contributed by atoms with Crippen LogP contribution in [0, 0.1) is 0 Å². The number of carbonyl (C=O) groups is 1. The lowest BCUT2D eigenvalue weighted by Gasteiger charge is -2.26. The maximum Gasteiger partial charge on any atom is 0.313 e. The molecule has 1 rings (SSSR count). The Morgan fingerprint density at radius 1 is 1.42 bits per heavy atom. The molecule has 108 valence electrons. The second kappa shape index (κ2) is 7.37. The predicted molar refractivity (Wildman–Crippen MR) is 76.8 cm³/mol. The van der Waals surface area contributed by atoms with Crippen molar-refractivity contribution in [3.05, 3.63) is 0 Å². The van der Waals surface area contributed by atoms with Crippen LogP contribution < -0.4 is 4.90 Å². The molecule has 0 aliphatic heterocycles. The Hall–Kier alpha value is -1.24. The van der Waals surface area contributed by atoms with Gasteiger partial charge < -0.3 is 10.0 Å². The Labute approximate surface area is 118 Å². The zero-order valence-corrected chi connectivity index (χ0v) is 12.8. The molecule has 0 unspecified atom stereocenters. The van der Waals surface area contributed by atoms with Gasteiger partial charge in [-0.05, 0) is 27.2 Å². The first kappa shape index (κ1) is 15.8. The van der Waals surface area contributed by atoms with Crippen LogP contribution in [0.4, 0.5) is 5.95 Å². The largest absolute Gasteiger partial charge is 0.481 e. The van der Waals surface area contributed by atoms with Gasteiger partial charge in [0.15, 0.2) is 5.16 Å². The van der Waals surface area contributed by atoms with Crippen LogP contribution in [0.25, 0.3) is 0 Å². The van der Waals surface area contributed by atoms with Crippen molar-refractivity contribution in [3.63, 3.8) is 0 Å². The van der Waals surface area contributed by atoms with Gasteiger partial charge in [0.25, 0.3) is 0 Å². The molecule has 1 aromatic rings. The van der Waals surface area contributed by atoms with Crippen molar-refractivity contribution in [1.29, 1.82) is 0 Å². The molecule has 1 N–H and O–H groups in total. The highest BCUT2D eigenvalue weighted by molar-refractivity contribution is 7.99. The summed E-state index contributed by atoms with van der Waals surface area (Å²) in [6.07, 6.45) is 0.960. The van der Waals surface area contributed by atoms with E-state index in [2.05, 4.69) is 42.8 Å². The molecule has 19 heavy (non-hydrogen) atoms. The van der Waals surface area contributed by atoms with Gasteiger partial charge in [-0.3, -0.25) is 9.36 Å².